The normalized spacial score (nSPS) is 14.3. The van der Waals surface area contributed by atoms with Gasteiger partial charge in [0.2, 0.25) is 5.75 Å². The SMILES string of the molecule is COc1cccc(C(=O)NC2=CC=CC(NC(=S)NC(=O)c3cc(OC)c(OC)c(OC)c3)C2)c1. The van der Waals surface area contributed by atoms with Gasteiger partial charge in [0.25, 0.3) is 11.8 Å². The summed E-state index contributed by atoms with van der Waals surface area (Å²) in [6.07, 6.45) is 5.98. The van der Waals surface area contributed by atoms with E-state index in [1.54, 1.807) is 31.4 Å². The van der Waals surface area contributed by atoms with Crippen molar-refractivity contribution in [2.75, 3.05) is 28.4 Å². The Hall–Kier alpha value is -4.05. The molecule has 1 atom stereocenters. The van der Waals surface area contributed by atoms with E-state index in [1.165, 1.54) is 33.5 Å². The summed E-state index contributed by atoms with van der Waals surface area (Å²) >= 11 is 5.33. The number of nitrogens with one attached hydrogen (secondary N) is 3. The Morgan fingerprint density at radius 2 is 1.63 bits per heavy atom. The van der Waals surface area contributed by atoms with Crippen LogP contribution in [0, 0.1) is 0 Å². The Morgan fingerprint density at radius 1 is 0.914 bits per heavy atom. The number of benzene rings is 2. The van der Waals surface area contributed by atoms with Crippen LogP contribution in [-0.2, 0) is 0 Å². The molecule has 2 amide bonds. The van der Waals surface area contributed by atoms with E-state index in [4.69, 9.17) is 31.2 Å². The summed E-state index contributed by atoms with van der Waals surface area (Å²) < 4.78 is 21.0. The van der Waals surface area contributed by atoms with Crippen LogP contribution < -0.4 is 34.9 Å². The number of ether oxygens (including phenoxy) is 4. The highest BCUT2D eigenvalue weighted by Crippen LogP contribution is 2.38. The lowest BCUT2D eigenvalue weighted by Gasteiger charge is -2.22. The predicted molar refractivity (Wildman–Crippen MR) is 135 cm³/mol. The molecule has 35 heavy (non-hydrogen) atoms. The summed E-state index contributed by atoms with van der Waals surface area (Å²) in [6.45, 7) is 0. The molecule has 9 nitrogen and oxygen atoms in total. The fraction of sp³-hybridized carbons (Fsp3) is 0.240. The van der Waals surface area contributed by atoms with Crippen molar-refractivity contribution in [3.8, 4) is 23.0 Å². The van der Waals surface area contributed by atoms with Crippen LogP contribution in [0.3, 0.4) is 0 Å². The summed E-state index contributed by atoms with van der Waals surface area (Å²) in [5, 5.41) is 8.76. The molecular weight excluding hydrogens is 470 g/mol. The van der Waals surface area contributed by atoms with Crippen LogP contribution in [0.1, 0.15) is 27.1 Å². The molecule has 0 fully saturated rings. The highest BCUT2D eigenvalue weighted by molar-refractivity contribution is 7.80. The zero-order valence-electron chi connectivity index (χ0n) is 19.8. The molecule has 10 heteroatoms. The van der Waals surface area contributed by atoms with Gasteiger partial charge in [0.1, 0.15) is 5.75 Å². The van der Waals surface area contributed by atoms with Crippen LogP contribution in [0.15, 0.2) is 60.3 Å². The van der Waals surface area contributed by atoms with Gasteiger partial charge in [0, 0.05) is 23.2 Å². The molecule has 2 aromatic rings. The van der Waals surface area contributed by atoms with Crippen molar-refractivity contribution in [1.82, 2.24) is 16.0 Å². The first-order valence-electron chi connectivity index (χ1n) is 10.6. The van der Waals surface area contributed by atoms with E-state index in [-0.39, 0.29) is 22.6 Å². The Kier molecular flexibility index (Phi) is 8.69. The average molecular weight is 498 g/mol. The van der Waals surface area contributed by atoms with E-state index in [0.29, 0.717) is 40.7 Å². The van der Waals surface area contributed by atoms with E-state index in [1.807, 2.05) is 18.2 Å². The molecule has 184 valence electrons. The minimum atomic E-state index is -0.441. The van der Waals surface area contributed by atoms with Crippen molar-refractivity contribution >= 4 is 29.1 Å². The number of hydrogen-bond acceptors (Lipinski definition) is 7. The average Bonchev–Trinajstić information content (AvgIpc) is 2.87. The summed E-state index contributed by atoms with van der Waals surface area (Å²) in [6, 6.07) is 9.74. The highest BCUT2D eigenvalue weighted by Gasteiger charge is 2.19. The number of hydrogen-bond donors (Lipinski definition) is 3. The smallest absolute Gasteiger partial charge is 0.257 e. The summed E-state index contributed by atoms with van der Waals surface area (Å²) in [5.41, 5.74) is 1.47. The van der Waals surface area contributed by atoms with Crippen molar-refractivity contribution in [3.63, 3.8) is 0 Å². The van der Waals surface area contributed by atoms with Crippen LogP contribution in [0.25, 0.3) is 0 Å². The minimum absolute atomic E-state index is 0.138. The van der Waals surface area contributed by atoms with Crippen molar-refractivity contribution in [2.45, 2.75) is 12.5 Å². The number of carbonyl (C=O) groups is 2. The Labute approximate surface area is 209 Å². The van der Waals surface area contributed by atoms with Gasteiger partial charge in [-0.15, -0.1) is 0 Å². The molecule has 1 unspecified atom stereocenters. The third kappa shape index (κ3) is 6.51. The minimum Gasteiger partial charge on any atom is -0.497 e. The number of allylic oxidation sites excluding steroid dienone is 2. The Morgan fingerprint density at radius 3 is 2.26 bits per heavy atom. The van der Waals surface area contributed by atoms with Gasteiger partial charge in [-0.2, -0.15) is 0 Å². The summed E-state index contributed by atoms with van der Waals surface area (Å²) in [4.78, 5) is 25.4. The first kappa shape index (κ1) is 25.6. The predicted octanol–water partition coefficient (Wildman–Crippen LogP) is 2.97. The van der Waals surface area contributed by atoms with Gasteiger partial charge in [0.15, 0.2) is 16.6 Å². The van der Waals surface area contributed by atoms with Crippen LogP contribution in [0.2, 0.25) is 0 Å². The third-order valence-electron chi connectivity index (χ3n) is 5.16. The first-order chi connectivity index (χ1) is 16.9. The molecule has 0 aliphatic heterocycles. The quantitative estimate of drug-likeness (QED) is 0.478. The highest BCUT2D eigenvalue weighted by atomic mass is 32.1. The molecule has 0 aromatic heterocycles. The zero-order valence-corrected chi connectivity index (χ0v) is 20.7. The molecular formula is C25H27N3O6S. The molecule has 0 radical (unpaired) electrons. The lowest BCUT2D eigenvalue weighted by atomic mass is 10.1. The topological polar surface area (TPSA) is 107 Å². The van der Waals surface area contributed by atoms with E-state index in [2.05, 4.69) is 16.0 Å². The van der Waals surface area contributed by atoms with Gasteiger partial charge in [-0.05, 0) is 48.6 Å². The molecule has 0 heterocycles. The van der Waals surface area contributed by atoms with Gasteiger partial charge in [-0.1, -0.05) is 18.2 Å². The lowest BCUT2D eigenvalue weighted by Crippen LogP contribution is -2.44. The molecule has 1 aliphatic carbocycles. The van der Waals surface area contributed by atoms with E-state index < -0.39 is 5.91 Å². The molecule has 0 saturated carbocycles. The second-order valence-corrected chi connectivity index (χ2v) is 7.82. The number of methoxy groups -OCH3 is 4. The van der Waals surface area contributed by atoms with Crippen molar-refractivity contribution in [1.29, 1.82) is 0 Å². The van der Waals surface area contributed by atoms with Crippen LogP contribution in [-0.4, -0.2) is 51.4 Å². The van der Waals surface area contributed by atoms with Crippen molar-refractivity contribution < 1.29 is 28.5 Å². The second-order valence-electron chi connectivity index (χ2n) is 7.42. The molecule has 3 N–H and O–H groups in total. The Balaban J connectivity index is 1.59. The van der Waals surface area contributed by atoms with Crippen LogP contribution >= 0.6 is 12.2 Å². The maximum absolute atomic E-state index is 12.8. The standard InChI is InChI=1S/C25H27N3O6S/c1-31-19-10-5-7-15(11-19)23(29)26-17-8-6-9-18(14-17)27-25(35)28-24(30)16-12-20(32-2)22(34-4)21(13-16)33-3/h5-13,18H,14H2,1-4H3,(H,26,29)(H2,27,28,30,35). The van der Waals surface area contributed by atoms with Gasteiger partial charge in [-0.3, -0.25) is 14.9 Å². The van der Waals surface area contributed by atoms with Crippen molar-refractivity contribution in [2.24, 2.45) is 0 Å². The first-order valence-corrected chi connectivity index (χ1v) is 11.0. The van der Waals surface area contributed by atoms with Crippen molar-refractivity contribution in [3.05, 3.63) is 71.5 Å². The van der Waals surface area contributed by atoms with Gasteiger partial charge >= 0.3 is 0 Å². The number of amides is 2. The fourth-order valence-electron chi connectivity index (χ4n) is 3.44. The van der Waals surface area contributed by atoms with Gasteiger partial charge in [0.05, 0.1) is 34.5 Å². The van der Waals surface area contributed by atoms with E-state index >= 15 is 0 Å². The molecule has 0 spiro atoms. The van der Waals surface area contributed by atoms with Gasteiger partial charge in [-0.25, -0.2) is 0 Å². The molecule has 0 saturated heterocycles. The monoisotopic (exact) mass is 497 g/mol. The van der Waals surface area contributed by atoms with E-state index in [9.17, 15) is 9.59 Å². The number of thiocarbonyl (C=S) groups is 1. The number of carbonyl (C=O) groups excluding carboxylic acids is 2. The summed E-state index contributed by atoms with van der Waals surface area (Å²) in [7, 11) is 5.97. The molecule has 3 rings (SSSR count). The third-order valence-corrected chi connectivity index (χ3v) is 5.38. The largest absolute Gasteiger partial charge is 0.497 e. The molecule has 1 aliphatic rings. The zero-order chi connectivity index (χ0) is 25.4. The van der Waals surface area contributed by atoms with Crippen LogP contribution in [0.5, 0.6) is 23.0 Å². The van der Waals surface area contributed by atoms with Gasteiger partial charge < -0.3 is 29.6 Å². The second kappa shape index (κ2) is 11.9. The maximum atomic E-state index is 12.8. The fourth-order valence-corrected chi connectivity index (χ4v) is 3.69. The van der Waals surface area contributed by atoms with E-state index in [0.717, 1.165) is 0 Å². The Bertz CT molecular complexity index is 1150. The number of rotatable bonds is 8. The maximum Gasteiger partial charge on any atom is 0.257 e. The van der Waals surface area contributed by atoms with Crippen LogP contribution in [0.4, 0.5) is 0 Å². The lowest BCUT2D eigenvalue weighted by molar-refractivity contribution is 0.0960. The molecule has 2 aromatic carbocycles. The molecule has 0 bridgehead atoms. The summed E-state index contributed by atoms with van der Waals surface area (Å²) in [5.74, 6) is 1.00.